The van der Waals surface area contributed by atoms with E-state index in [1.54, 1.807) is 31.2 Å². The van der Waals surface area contributed by atoms with Crippen LogP contribution in [0.15, 0.2) is 24.3 Å². The van der Waals surface area contributed by atoms with Crippen LogP contribution in [0.5, 0.6) is 0 Å². The van der Waals surface area contributed by atoms with Crippen molar-refractivity contribution in [2.75, 3.05) is 6.54 Å². The molecule has 1 fully saturated rings. The Morgan fingerprint density at radius 1 is 1.35 bits per heavy atom. The molecule has 0 bridgehead atoms. The van der Waals surface area contributed by atoms with E-state index >= 15 is 0 Å². The van der Waals surface area contributed by atoms with Crippen molar-refractivity contribution in [3.05, 3.63) is 34.9 Å². The molecule has 23 heavy (non-hydrogen) atoms. The number of rotatable bonds is 5. The molecular weight excluding hydrogens is 340 g/mol. The summed E-state index contributed by atoms with van der Waals surface area (Å²) in [5, 5.41) is 1.84. The van der Waals surface area contributed by atoms with Crippen molar-refractivity contribution in [3.63, 3.8) is 0 Å². The lowest BCUT2D eigenvalue weighted by Gasteiger charge is -2.23. The van der Waals surface area contributed by atoms with Crippen molar-refractivity contribution in [1.29, 1.82) is 0 Å². The first-order valence-electron chi connectivity index (χ1n) is 6.84. The average Bonchev–Trinajstić information content (AvgIpc) is 2.71. The summed E-state index contributed by atoms with van der Waals surface area (Å²) in [6, 6.07) is 5.29. The minimum atomic E-state index is -0.934. The van der Waals surface area contributed by atoms with E-state index in [1.807, 2.05) is 0 Å². The molecule has 0 aliphatic carbocycles. The van der Waals surface area contributed by atoms with E-state index in [2.05, 4.69) is 5.43 Å². The van der Waals surface area contributed by atoms with Crippen LogP contribution in [0.2, 0.25) is 5.02 Å². The van der Waals surface area contributed by atoms with E-state index in [0.29, 0.717) is 17.1 Å². The van der Waals surface area contributed by atoms with Crippen molar-refractivity contribution in [3.8, 4) is 0 Å². The minimum absolute atomic E-state index is 0.131. The third kappa shape index (κ3) is 3.59. The van der Waals surface area contributed by atoms with Crippen molar-refractivity contribution in [2.24, 2.45) is 5.73 Å². The van der Waals surface area contributed by atoms with Crippen LogP contribution >= 0.6 is 23.8 Å². The molecule has 1 aliphatic rings. The molecule has 1 saturated heterocycles. The Kier molecular flexibility index (Phi) is 5.17. The highest BCUT2D eigenvalue weighted by molar-refractivity contribution is 7.80. The smallest absolute Gasteiger partial charge is 0.269 e. The first kappa shape index (κ1) is 17.2. The monoisotopic (exact) mass is 354 g/mol. The number of halogens is 1. The van der Waals surface area contributed by atoms with Gasteiger partial charge >= 0.3 is 0 Å². The quantitative estimate of drug-likeness (QED) is 0.758. The highest BCUT2D eigenvalue weighted by Crippen LogP contribution is 2.19. The van der Waals surface area contributed by atoms with E-state index in [0.717, 1.165) is 0 Å². The van der Waals surface area contributed by atoms with Gasteiger partial charge in [0.05, 0.1) is 6.42 Å². The van der Waals surface area contributed by atoms with Crippen molar-refractivity contribution < 1.29 is 14.4 Å². The Morgan fingerprint density at radius 3 is 2.48 bits per heavy atom. The molecule has 1 aromatic rings. The van der Waals surface area contributed by atoms with Gasteiger partial charge in [0.15, 0.2) is 5.11 Å². The number of carbonyl (C=O) groups excluding carboxylic acids is 3. The van der Waals surface area contributed by atoms with E-state index in [4.69, 9.17) is 29.6 Å². The molecule has 1 atom stereocenters. The van der Waals surface area contributed by atoms with Gasteiger partial charge in [-0.05, 0) is 43.4 Å². The van der Waals surface area contributed by atoms with Gasteiger partial charge in [-0.25, -0.2) is 5.01 Å². The number of likely N-dealkylation sites (N-methyl/N-ethyl adjacent to an activating group) is 1. The number of nitrogens with two attached hydrogens (primary N) is 1. The van der Waals surface area contributed by atoms with Crippen molar-refractivity contribution in [1.82, 2.24) is 15.3 Å². The van der Waals surface area contributed by atoms with Crippen LogP contribution in [0.1, 0.15) is 23.7 Å². The Balaban J connectivity index is 2.22. The number of hydrogen-bond acceptors (Lipinski definition) is 4. The highest BCUT2D eigenvalue weighted by atomic mass is 35.5. The Bertz CT molecular complexity index is 664. The molecule has 3 amide bonds. The van der Waals surface area contributed by atoms with Gasteiger partial charge in [-0.3, -0.25) is 24.7 Å². The van der Waals surface area contributed by atoms with Crippen LogP contribution in [-0.2, 0) is 9.59 Å². The Labute approximate surface area is 143 Å². The first-order valence-corrected chi connectivity index (χ1v) is 7.63. The summed E-state index contributed by atoms with van der Waals surface area (Å²) in [5.74, 6) is -1.49. The zero-order valence-corrected chi connectivity index (χ0v) is 13.9. The van der Waals surface area contributed by atoms with Crippen molar-refractivity contribution in [2.45, 2.75) is 19.4 Å². The lowest BCUT2D eigenvalue weighted by Crippen LogP contribution is -2.49. The van der Waals surface area contributed by atoms with Crippen LogP contribution < -0.4 is 11.2 Å². The largest absolute Gasteiger partial charge is 0.370 e. The van der Waals surface area contributed by atoms with E-state index in [-0.39, 0.29) is 17.4 Å². The molecule has 0 radical (unpaired) electrons. The SMILES string of the molecule is CCN1C(=O)[C@H](CC(N)=O)N(NC(=O)c2ccc(Cl)cc2)C1=S. The van der Waals surface area contributed by atoms with Crippen LogP contribution in [0, 0.1) is 0 Å². The van der Waals surface area contributed by atoms with E-state index in [9.17, 15) is 14.4 Å². The van der Waals surface area contributed by atoms with E-state index < -0.39 is 17.9 Å². The number of hydrazine groups is 1. The molecule has 0 saturated carbocycles. The van der Waals surface area contributed by atoms with Crippen molar-refractivity contribution >= 4 is 46.7 Å². The molecule has 7 nitrogen and oxygen atoms in total. The molecule has 0 unspecified atom stereocenters. The first-order chi connectivity index (χ1) is 10.8. The summed E-state index contributed by atoms with van der Waals surface area (Å²) in [7, 11) is 0. The molecule has 1 heterocycles. The third-order valence-corrected chi connectivity index (χ3v) is 4.01. The molecule has 1 aliphatic heterocycles. The topological polar surface area (TPSA) is 95.7 Å². The number of hydrogen-bond donors (Lipinski definition) is 2. The maximum absolute atomic E-state index is 12.3. The predicted octanol–water partition coefficient (Wildman–Crippen LogP) is 0.678. The van der Waals surface area contributed by atoms with Gasteiger partial charge in [-0.15, -0.1) is 0 Å². The average molecular weight is 355 g/mol. The van der Waals surface area contributed by atoms with E-state index in [1.165, 1.54) is 9.91 Å². The fraction of sp³-hybridized carbons (Fsp3) is 0.286. The molecule has 9 heteroatoms. The van der Waals surface area contributed by atoms with Gasteiger partial charge in [0, 0.05) is 17.1 Å². The third-order valence-electron chi connectivity index (χ3n) is 3.34. The summed E-state index contributed by atoms with van der Waals surface area (Å²) in [6.45, 7) is 2.08. The van der Waals surface area contributed by atoms with Gasteiger partial charge < -0.3 is 5.73 Å². The summed E-state index contributed by atoms with van der Waals surface area (Å²) < 4.78 is 0. The van der Waals surface area contributed by atoms with Gasteiger partial charge in [0.1, 0.15) is 6.04 Å². The standard InChI is InChI=1S/C14H15ClN4O3S/c1-2-18-13(22)10(7-11(16)20)19(14(18)23)17-12(21)8-3-5-9(15)6-4-8/h3-6,10H,2,7H2,1H3,(H2,16,20)(H,17,21)/t10-/m0/s1. The number of amides is 3. The lowest BCUT2D eigenvalue weighted by atomic mass is 10.2. The summed E-state index contributed by atoms with van der Waals surface area (Å²) in [4.78, 5) is 37.1. The fourth-order valence-electron chi connectivity index (χ4n) is 2.21. The number of thiocarbonyl (C=S) groups is 1. The lowest BCUT2D eigenvalue weighted by molar-refractivity contribution is -0.131. The molecular formula is C14H15ClN4O3S. The summed E-state index contributed by atoms with van der Waals surface area (Å²) in [6.07, 6.45) is -0.240. The zero-order valence-electron chi connectivity index (χ0n) is 12.3. The molecule has 1 aromatic carbocycles. The second-order valence-electron chi connectivity index (χ2n) is 4.87. The molecule has 2 rings (SSSR count). The number of nitrogens with zero attached hydrogens (tertiary/aromatic N) is 2. The molecule has 3 N–H and O–H groups in total. The number of primary amides is 1. The highest BCUT2D eigenvalue weighted by Gasteiger charge is 2.43. The van der Waals surface area contributed by atoms with Crippen LogP contribution in [0.3, 0.4) is 0 Å². The fourth-order valence-corrected chi connectivity index (χ4v) is 2.73. The van der Waals surface area contributed by atoms with Gasteiger partial charge in [0.2, 0.25) is 5.91 Å². The Hall–Kier alpha value is -2.19. The number of carbonyl (C=O) groups is 3. The predicted molar refractivity (Wildman–Crippen MR) is 88.3 cm³/mol. The number of nitrogens with one attached hydrogen (secondary N) is 1. The Morgan fingerprint density at radius 2 is 1.96 bits per heavy atom. The van der Waals surface area contributed by atoms with Gasteiger partial charge in [-0.2, -0.15) is 0 Å². The number of benzene rings is 1. The maximum Gasteiger partial charge on any atom is 0.269 e. The summed E-state index contributed by atoms with van der Waals surface area (Å²) >= 11 is 11.0. The van der Waals surface area contributed by atoms with Crippen LogP contribution in [-0.4, -0.2) is 45.3 Å². The normalized spacial score (nSPS) is 17.6. The zero-order chi connectivity index (χ0) is 17.1. The molecule has 122 valence electrons. The van der Waals surface area contributed by atoms with Gasteiger partial charge in [0.25, 0.3) is 11.8 Å². The van der Waals surface area contributed by atoms with Crippen LogP contribution in [0.4, 0.5) is 0 Å². The minimum Gasteiger partial charge on any atom is -0.370 e. The summed E-state index contributed by atoms with van der Waals surface area (Å²) in [5.41, 5.74) is 8.08. The maximum atomic E-state index is 12.3. The second-order valence-corrected chi connectivity index (χ2v) is 5.67. The van der Waals surface area contributed by atoms with Crippen LogP contribution in [0.25, 0.3) is 0 Å². The van der Waals surface area contributed by atoms with Gasteiger partial charge in [-0.1, -0.05) is 11.6 Å². The second kappa shape index (κ2) is 6.93. The molecule has 0 spiro atoms. The molecule has 0 aromatic heterocycles.